The molecular weight excluding hydrogens is 256 g/mol. The molecule has 1 heterocycles. The van der Waals surface area contributed by atoms with Crippen molar-refractivity contribution in [1.82, 2.24) is 4.90 Å². The number of ether oxygens (including phenoxy) is 1. The molecule has 0 saturated heterocycles. The molecule has 19 heavy (non-hydrogen) atoms. The van der Waals surface area contributed by atoms with Crippen LogP contribution >= 0.6 is 11.3 Å². The first-order valence-electron chi connectivity index (χ1n) is 6.41. The summed E-state index contributed by atoms with van der Waals surface area (Å²) in [5.74, 6) is 0.926. The van der Waals surface area contributed by atoms with E-state index in [0.29, 0.717) is 6.61 Å². The number of hydrogen-bond acceptors (Lipinski definition) is 4. The van der Waals surface area contributed by atoms with Gasteiger partial charge in [0.25, 0.3) is 0 Å². The molecule has 3 nitrogen and oxygen atoms in total. The number of nitrogens with two attached hydrogens (primary N) is 1. The standard InChI is InChI=1S/C15H20N2OS/c1-3-18-15-7-6-13(16)9-12(15)10-17(2)11-14-5-4-8-19-14/h4-9H,3,10-11,16H2,1-2H3. The van der Waals surface area contributed by atoms with Crippen LogP contribution in [0, 0.1) is 0 Å². The highest BCUT2D eigenvalue weighted by atomic mass is 32.1. The van der Waals surface area contributed by atoms with E-state index in [4.69, 9.17) is 10.5 Å². The summed E-state index contributed by atoms with van der Waals surface area (Å²) in [6.45, 7) is 4.44. The van der Waals surface area contributed by atoms with Crippen molar-refractivity contribution in [2.24, 2.45) is 0 Å². The summed E-state index contributed by atoms with van der Waals surface area (Å²) in [5.41, 5.74) is 7.78. The van der Waals surface area contributed by atoms with Gasteiger partial charge in [-0.05, 0) is 43.6 Å². The van der Waals surface area contributed by atoms with Gasteiger partial charge >= 0.3 is 0 Å². The molecule has 0 spiro atoms. The molecule has 0 atom stereocenters. The second-order valence-electron chi connectivity index (χ2n) is 4.55. The Kier molecular flexibility index (Phi) is 4.82. The lowest BCUT2D eigenvalue weighted by molar-refractivity contribution is 0.299. The largest absolute Gasteiger partial charge is 0.494 e. The van der Waals surface area contributed by atoms with Crippen LogP contribution in [0.4, 0.5) is 5.69 Å². The minimum Gasteiger partial charge on any atom is -0.494 e. The molecule has 1 aromatic carbocycles. The van der Waals surface area contributed by atoms with Crippen molar-refractivity contribution in [1.29, 1.82) is 0 Å². The predicted octanol–water partition coefficient (Wildman–Crippen LogP) is 3.36. The second-order valence-corrected chi connectivity index (χ2v) is 5.58. The lowest BCUT2D eigenvalue weighted by Crippen LogP contribution is -2.17. The molecule has 0 aliphatic rings. The van der Waals surface area contributed by atoms with Crippen molar-refractivity contribution in [2.45, 2.75) is 20.0 Å². The zero-order chi connectivity index (χ0) is 13.7. The number of benzene rings is 1. The van der Waals surface area contributed by atoms with E-state index < -0.39 is 0 Å². The Hall–Kier alpha value is -1.52. The molecule has 0 amide bonds. The number of rotatable bonds is 6. The molecule has 102 valence electrons. The molecule has 0 saturated carbocycles. The third-order valence-corrected chi connectivity index (χ3v) is 3.69. The fraction of sp³-hybridized carbons (Fsp3) is 0.333. The lowest BCUT2D eigenvalue weighted by Gasteiger charge is -2.18. The van der Waals surface area contributed by atoms with E-state index in [1.54, 1.807) is 11.3 Å². The van der Waals surface area contributed by atoms with Gasteiger partial charge in [0, 0.05) is 29.2 Å². The molecule has 1 aromatic heterocycles. The topological polar surface area (TPSA) is 38.5 Å². The summed E-state index contributed by atoms with van der Waals surface area (Å²) in [7, 11) is 2.11. The normalized spacial score (nSPS) is 10.9. The van der Waals surface area contributed by atoms with E-state index in [1.165, 1.54) is 4.88 Å². The van der Waals surface area contributed by atoms with Gasteiger partial charge in [0.1, 0.15) is 5.75 Å². The molecule has 0 unspecified atom stereocenters. The van der Waals surface area contributed by atoms with E-state index in [9.17, 15) is 0 Å². The highest BCUT2D eigenvalue weighted by Gasteiger charge is 2.08. The average Bonchev–Trinajstić information content (AvgIpc) is 2.85. The number of hydrogen-bond donors (Lipinski definition) is 1. The van der Waals surface area contributed by atoms with E-state index in [0.717, 1.165) is 30.1 Å². The monoisotopic (exact) mass is 276 g/mol. The summed E-state index contributed by atoms with van der Waals surface area (Å²) in [6, 6.07) is 10.1. The minimum absolute atomic E-state index is 0.672. The highest BCUT2D eigenvalue weighted by molar-refractivity contribution is 7.09. The molecule has 2 aromatic rings. The molecule has 2 N–H and O–H groups in total. The summed E-state index contributed by atoms with van der Waals surface area (Å²) in [4.78, 5) is 3.63. The molecule has 2 rings (SSSR count). The van der Waals surface area contributed by atoms with Gasteiger partial charge in [-0.3, -0.25) is 4.90 Å². The van der Waals surface area contributed by atoms with E-state index in [-0.39, 0.29) is 0 Å². The summed E-state index contributed by atoms with van der Waals surface area (Å²) < 4.78 is 5.65. The van der Waals surface area contributed by atoms with Crippen molar-refractivity contribution in [3.05, 3.63) is 46.2 Å². The number of anilines is 1. The third kappa shape index (κ3) is 3.98. The van der Waals surface area contributed by atoms with E-state index >= 15 is 0 Å². The Balaban J connectivity index is 2.06. The Morgan fingerprint density at radius 3 is 2.79 bits per heavy atom. The van der Waals surface area contributed by atoms with Gasteiger partial charge in [-0.15, -0.1) is 11.3 Å². The lowest BCUT2D eigenvalue weighted by atomic mass is 10.1. The van der Waals surface area contributed by atoms with Crippen molar-refractivity contribution < 1.29 is 4.74 Å². The van der Waals surface area contributed by atoms with E-state index in [1.807, 2.05) is 25.1 Å². The van der Waals surface area contributed by atoms with Crippen LogP contribution in [0.2, 0.25) is 0 Å². The molecule has 0 radical (unpaired) electrons. The maximum absolute atomic E-state index is 5.86. The van der Waals surface area contributed by atoms with Gasteiger partial charge in [-0.1, -0.05) is 6.07 Å². The van der Waals surface area contributed by atoms with Crippen LogP contribution in [0.5, 0.6) is 5.75 Å². The number of nitrogen functional groups attached to an aromatic ring is 1. The van der Waals surface area contributed by atoms with Gasteiger partial charge in [0.15, 0.2) is 0 Å². The summed E-state index contributed by atoms with van der Waals surface area (Å²) in [5, 5.41) is 2.11. The van der Waals surface area contributed by atoms with Crippen LogP contribution in [0.15, 0.2) is 35.7 Å². The molecule has 0 aliphatic heterocycles. The molecule has 0 bridgehead atoms. The average molecular weight is 276 g/mol. The Labute approximate surface area is 118 Å². The van der Waals surface area contributed by atoms with Crippen LogP contribution in [0.3, 0.4) is 0 Å². The Morgan fingerprint density at radius 1 is 1.26 bits per heavy atom. The summed E-state index contributed by atoms with van der Waals surface area (Å²) in [6.07, 6.45) is 0. The highest BCUT2D eigenvalue weighted by Crippen LogP contribution is 2.23. The van der Waals surface area contributed by atoms with Gasteiger partial charge < -0.3 is 10.5 Å². The quantitative estimate of drug-likeness (QED) is 0.822. The fourth-order valence-electron chi connectivity index (χ4n) is 2.03. The third-order valence-electron chi connectivity index (χ3n) is 2.83. The van der Waals surface area contributed by atoms with E-state index in [2.05, 4.69) is 29.5 Å². The molecular formula is C15H20N2OS. The fourth-order valence-corrected chi connectivity index (χ4v) is 2.82. The van der Waals surface area contributed by atoms with Crippen LogP contribution in [-0.4, -0.2) is 18.6 Å². The second kappa shape index (κ2) is 6.59. The van der Waals surface area contributed by atoms with Crippen molar-refractivity contribution in [3.63, 3.8) is 0 Å². The molecule has 0 aliphatic carbocycles. The molecule has 4 heteroatoms. The van der Waals surface area contributed by atoms with Crippen LogP contribution in [-0.2, 0) is 13.1 Å². The Morgan fingerprint density at radius 2 is 2.11 bits per heavy atom. The van der Waals surface area contributed by atoms with Gasteiger partial charge in [0.05, 0.1) is 6.61 Å². The van der Waals surface area contributed by atoms with Crippen molar-refractivity contribution in [3.8, 4) is 5.75 Å². The Bertz CT molecular complexity index is 511. The number of thiophene rings is 1. The number of nitrogens with zero attached hydrogens (tertiary/aromatic N) is 1. The minimum atomic E-state index is 0.672. The summed E-state index contributed by atoms with van der Waals surface area (Å²) >= 11 is 1.78. The first-order chi connectivity index (χ1) is 9.19. The zero-order valence-electron chi connectivity index (χ0n) is 11.4. The SMILES string of the molecule is CCOc1ccc(N)cc1CN(C)Cc1cccs1. The maximum Gasteiger partial charge on any atom is 0.123 e. The van der Waals surface area contributed by atoms with Crippen LogP contribution in [0.25, 0.3) is 0 Å². The first-order valence-corrected chi connectivity index (χ1v) is 7.29. The predicted molar refractivity (Wildman–Crippen MR) is 81.5 cm³/mol. The van der Waals surface area contributed by atoms with Crippen LogP contribution < -0.4 is 10.5 Å². The van der Waals surface area contributed by atoms with Gasteiger partial charge in [-0.25, -0.2) is 0 Å². The zero-order valence-corrected chi connectivity index (χ0v) is 12.2. The smallest absolute Gasteiger partial charge is 0.123 e. The van der Waals surface area contributed by atoms with Crippen molar-refractivity contribution >= 4 is 17.0 Å². The van der Waals surface area contributed by atoms with Gasteiger partial charge in [-0.2, -0.15) is 0 Å². The first kappa shape index (κ1) is 13.9. The van der Waals surface area contributed by atoms with Gasteiger partial charge in [0.2, 0.25) is 0 Å². The molecule has 0 fully saturated rings. The van der Waals surface area contributed by atoms with Crippen LogP contribution in [0.1, 0.15) is 17.4 Å². The van der Waals surface area contributed by atoms with Crippen molar-refractivity contribution in [2.75, 3.05) is 19.4 Å². The maximum atomic E-state index is 5.86.